The van der Waals surface area contributed by atoms with Crippen LogP contribution in [0, 0.1) is 10.1 Å². The second kappa shape index (κ2) is 6.67. The molecule has 0 aliphatic rings. The quantitative estimate of drug-likeness (QED) is 0.431. The van der Waals surface area contributed by atoms with E-state index in [2.05, 4.69) is 15.5 Å². The summed E-state index contributed by atoms with van der Waals surface area (Å²) in [5, 5.41) is 32.4. The van der Waals surface area contributed by atoms with E-state index < -0.39 is 4.92 Å². The Labute approximate surface area is 141 Å². The maximum Gasteiger partial charge on any atom is 0.269 e. The van der Waals surface area contributed by atoms with Crippen LogP contribution < -0.4 is 0 Å². The highest BCUT2D eigenvalue weighted by atomic mass is 32.2. The summed E-state index contributed by atoms with van der Waals surface area (Å²) in [6, 6.07) is 13.0. The van der Waals surface area contributed by atoms with Gasteiger partial charge in [-0.1, -0.05) is 23.9 Å². The van der Waals surface area contributed by atoms with Gasteiger partial charge in [-0.25, -0.2) is 0 Å². The Morgan fingerprint density at radius 1 is 1.25 bits per heavy atom. The van der Waals surface area contributed by atoms with Gasteiger partial charge in [-0.05, 0) is 47.2 Å². The summed E-state index contributed by atoms with van der Waals surface area (Å²) in [6.07, 6.45) is 0. The number of thioether (sulfide) groups is 1. The molecule has 0 saturated heterocycles. The minimum absolute atomic E-state index is 0.0538. The highest BCUT2D eigenvalue weighted by Crippen LogP contribution is 2.35. The Morgan fingerprint density at radius 3 is 2.71 bits per heavy atom. The van der Waals surface area contributed by atoms with Crippen molar-refractivity contribution in [3.63, 3.8) is 0 Å². The number of tetrazole rings is 1. The van der Waals surface area contributed by atoms with E-state index in [0.29, 0.717) is 10.8 Å². The molecule has 1 aromatic heterocycles. The van der Waals surface area contributed by atoms with E-state index in [4.69, 9.17) is 0 Å². The van der Waals surface area contributed by atoms with Crippen molar-refractivity contribution in [1.29, 1.82) is 0 Å². The smallest absolute Gasteiger partial charge is 0.269 e. The SMILES string of the molecule is C[C@@H](Sc1nnnn1-c1ccc(O)cc1)c1cccc([N+](=O)[O-])c1. The van der Waals surface area contributed by atoms with Gasteiger partial charge in [0.2, 0.25) is 5.16 Å². The van der Waals surface area contributed by atoms with Crippen LogP contribution in [0.2, 0.25) is 0 Å². The van der Waals surface area contributed by atoms with Crippen molar-refractivity contribution in [1.82, 2.24) is 20.2 Å². The summed E-state index contributed by atoms with van der Waals surface area (Å²) in [4.78, 5) is 10.5. The average molecular weight is 343 g/mol. The second-order valence-corrected chi connectivity index (χ2v) is 6.31. The zero-order chi connectivity index (χ0) is 17.1. The monoisotopic (exact) mass is 343 g/mol. The molecule has 122 valence electrons. The molecule has 0 aliphatic carbocycles. The number of nitrogens with zero attached hydrogens (tertiary/aromatic N) is 5. The molecular weight excluding hydrogens is 330 g/mol. The predicted octanol–water partition coefficient (Wildman–Crippen LogP) is 3.13. The molecule has 2 aromatic carbocycles. The van der Waals surface area contributed by atoms with Crippen molar-refractivity contribution < 1.29 is 10.0 Å². The largest absolute Gasteiger partial charge is 0.508 e. The van der Waals surface area contributed by atoms with Gasteiger partial charge in [0.15, 0.2) is 0 Å². The second-order valence-electron chi connectivity index (χ2n) is 5.00. The van der Waals surface area contributed by atoms with Gasteiger partial charge in [-0.15, -0.1) is 5.10 Å². The first-order chi connectivity index (χ1) is 11.5. The molecule has 9 heteroatoms. The third-order valence-corrected chi connectivity index (χ3v) is 4.46. The third-order valence-electron chi connectivity index (χ3n) is 3.37. The van der Waals surface area contributed by atoms with Gasteiger partial charge in [0.25, 0.3) is 5.69 Å². The molecule has 0 radical (unpaired) electrons. The van der Waals surface area contributed by atoms with Crippen LogP contribution in [0.3, 0.4) is 0 Å². The Morgan fingerprint density at radius 2 is 2.00 bits per heavy atom. The maximum atomic E-state index is 10.9. The average Bonchev–Trinajstić information content (AvgIpc) is 3.03. The van der Waals surface area contributed by atoms with Crippen molar-refractivity contribution in [3.8, 4) is 11.4 Å². The highest BCUT2D eigenvalue weighted by molar-refractivity contribution is 7.99. The van der Waals surface area contributed by atoms with Gasteiger partial charge in [0, 0.05) is 17.4 Å². The van der Waals surface area contributed by atoms with Gasteiger partial charge in [0.1, 0.15) is 5.75 Å². The molecule has 24 heavy (non-hydrogen) atoms. The van der Waals surface area contributed by atoms with E-state index >= 15 is 0 Å². The van der Waals surface area contributed by atoms with Crippen LogP contribution in [0.1, 0.15) is 17.7 Å². The lowest BCUT2D eigenvalue weighted by molar-refractivity contribution is -0.384. The van der Waals surface area contributed by atoms with E-state index in [0.717, 1.165) is 5.56 Å². The molecular formula is C15H13N5O3S. The number of aromatic nitrogens is 4. The summed E-state index contributed by atoms with van der Waals surface area (Å²) in [5.41, 5.74) is 1.58. The third kappa shape index (κ3) is 3.35. The molecule has 0 fully saturated rings. The summed E-state index contributed by atoms with van der Waals surface area (Å²) in [5.74, 6) is 0.158. The van der Waals surface area contributed by atoms with Gasteiger partial charge in [-0.3, -0.25) is 10.1 Å². The van der Waals surface area contributed by atoms with Crippen LogP contribution in [0.15, 0.2) is 53.7 Å². The normalized spacial score (nSPS) is 12.0. The molecule has 0 unspecified atom stereocenters. The highest BCUT2D eigenvalue weighted by Gasteiger charge is 2.16. The standard InChI is InChI=1S/C15H13N5O3S/c1-10(11-3-2-4-13(9-11)20(22)23)24-15-16-17-18-19(15)12-5-7-14(21)8-6-12/h2-10,21H,1H3/t10-/m1/s1. The van der Waals surface area contributed by atoms with Crippen molar-refractivity contribution in [2.75, 3.05) is 0 Å². The number of nitro groups is 1. The fourth-order valence-electron chi connectivity index (χ4n) is 2.13. The lowest BCUT2D eigenvalue weighted by atomic mass is 10.1. The summed E-state index contributed by atoms with van der Waals surface area (Å²) in [6.45, 7) is 1.93. The Kier molecular flexibility index (Phi) is 4.43. The first-order valence-corrected chi connectivity index (χ1v) is 7.91. The van der Waals surface area contributed by atoms with E-state index in [1.54, 1.807) is 41.1 Å². The molecule has 0 aliphatic heterocycles. The Bertz CT molecular complexity index is 866. The van der Waals surface area contributed by atoms with Crippen molar-refractivity contribution in [2.45, 2.75) is 17.3 Å². The van der Waals surface area contributed by atoms with Crippen LogP contribution in [-0.4, -0.2) is 30.2 Å². The first-order valence-electron chi connectivity index (χ1n) is 7.03. The van der Waals surface area contributed by atoms with Gasteiger partial charge >= 0.3 is 0 Å². The number of non-ortho nitro benzene ring substituents is 1. The van der Waals surface area contributed by atoms with Gasteiger partial charge < -0.3 is 5.11 Å². The molecule has 3 aromatic rings. The number of benzene rings is 2. The summed E-state index contributed by atoms with van der Waals surface area (Å²) in [7, 11) is 0. The van der Waals surface area contributed by atoms with Crippen molar-refractivity contribution in [3.05, 3.63) is 64.2 Å². The maximum absolute atomic E-state index is 10.9. The molecule has 1 N–H and O–H groups in total. The molecule has 0 spiro atoms. The summed E-state index contributed by atoms with van der Waals surface area (Å²) >= 11 is 1.39. The van der Waals surface area contributed by atoms with E-state index in [9.17, 15) is 15.2 Å². The Balaban J connectivity index is 1.84. The summed E-state index contributed by atoms with van der Waals surface area (Å²) < 4.78 is 1.55. The number of nitro benzene ring substituents is 1. The molecule has 3 rings (SSSR count). The molecule has 1 heterocycles. The number of hydrogen-bond acceptors (Lipinski definition) is 7. The van der Waals surface area contributed by atoms with Crippen LogP contribution in [0.4, 0.5) is 5.69 Å². The minimum Gasteiger partial charge on any atom is -0.508 e. The molecule has 0 bridgehead atoms. The fraction of sp³-hybridized carbons (Fsp3) is 0.133. The lowest BCUT2D eigenvalue weighted by Gasteiger charge is -2.11. The van der Waals surface area contributed by atoms with Crippen LogP contribution in [-0.2, 0) is 0 Å². The molecule has 0 amide bonds. The molecule has 0 saturated carbocycles. The van der Waals surface area contributed by atoms with E-state index in [1.807, 2.05) is 13.0 Å². The van der Waals surface area contributed by atoms with Crippen molar-refractivity contribution >= 4 is 17.4 Å². The van der Waals surface area contributed by atoms with E-state index in [1.165, 1.54) is 17.8 Å². The number of rotatable bonds is 5. The van der Waals surface area contributed by atoms with Crippen molar-refractivity contribution in [2.24, 2.45) is 0 Å². The topological polar surface area (TPSA) is 107 Å². The van der Waals surface area contributed by atoms with E-state index in [-0.39, 0.29) is 16.7 Å². The predicted molar refractivity (Wildman–Crippen MR) is 88.2 cm³/mol. The molecule has 1 atom stereocenters. The number of aromatic hydroxyl groups is 1. The van der Waals surface area contributed by atoms with Gasteiger partial charge in [-0.2, -0.15) is 4.68 Å². The Hall–Kier alpha value is -2.94. The first kappa shape index (κ1) is 15.9. The minimum atomic E-state index is -0.415. The molecule has 8 nitrogen and oxygen atoms in total. The zero-order valence-electron chi connectivity index (χ0n) is 12.6. The zero-order valence-corrected chi connectivity index (χ0v) is 13.4. The van der Waals surface area contributed by atoms with Gasteiger partial charge in [0.05, 0.1) is 10.6 Å². The van der Waals surface area contributed by atoms with Crippen LogP contribution in [0.25, 0.3) is 5.69 Å². The van der Waals surface area contributed by atoms with Crippen LogP contribution in [0.5, 0.6) is 5.75 Å². The lowest BCUT2D eigenvalue weighted by Crippen LogP contribution is -2.00. The number of phenols is 1. The van der Waals surface area contributed by atoms with Crippen LogP contribution >= 0.6 is 11.8 Å². The fourth-order valence-corrected chi connectivity index (χ4v) is 3.05. The number of phenolic OH excluding ortho intramolecular Hbond substituents is 1. The number of hydrogen-bond donors (Lipinski definition) is 1.